The first-order valence-corrected chi connectivity index (χ1v) is 10.5. The number of benzene rings is 2. The lowest BCUT2D eigenvalue weighted by Crippen LogP contribution is -2.34. The van der Waals surface area contributed by atoms with E-state index in [1.165, 1.54) is 12.1 Å². The van der Waals surface area contributed by atoms with Crippen LogP contribution in [-0.2, 0) is 0 Å². The maximum Gasteiger partial charge on any atom is 0.253 e. The van der Waals surface area contributed by atoms with E-state index >= 15 is 0 Å². The summed E-state index contributed by atoms with van der Waals surface area (Å²) in [7, 11) is 0. The van der Waals surface area contributed by atoms with Gasteiger partial charge < -0.3 is 20.5 Å². The lowest BCUT2D eigenvalue weighted by atomic mass is 9.92. The number of halogens is 1. The quantitative estimate of drug-likeness (QED) is 0.455. The van der Waals surface area contributed by atoms with Crippen LogP contribution in [0.2, 0.25) is 0 Å². The number of aromatic nitrogens is 1. The molecule has 4 rings (SSSR count). The molecule has 158 valence electrons. The second-order valence-electron chi connectivity index (χ2n) is 7.87. The van der Waals surface area contributed by atoms with E-state index in [0.717, 1.165) is 56.5 Å². The largest absolute Gasteiger partial charge is 0.398 e. The van der Waals surface area contributed by atoms with Crippen molar-refractivity contribution in [1.29, 1.82) is 0 Å². The highest BCUT2D eigenvalue weighted by atomic mass is 19.1. The van der Waals surface area contributed by atoms with Crippen LogP contribution < -0.4 is 11.1 Å². The number of nitrogens with one attached hydrogen (secondary N) is 1. The van der Waals surface area contributed by atoms with Gasteiger partial charge in [0.25, 0.3) is 5.91 Å². The number of fused-ring (bicyclic) bond motifs is 1. The van der Waals surface area contributed by atoms with Crippen LogP contribution in [0.4, 0.5) is 10.1 Å². The van der Waals surface area contributed by atoms with Crippen molar-refractivity contribution in [3.05, 3.63) is 59.6 Å². The SMILES string of the molecule is Nc1ccccc1C(=O)NCCCCN1CCC(c2onc3cc(F)ccc23)CC1. The molecule has 0 spiro atoms. The van der Waals surface area contributed by atoms with E-state index < -0.39 is 0 Å². The first-order chi connectivity index (χ1) is 14.6. The highest BCUT2D eigenvalue weighted by Crippen LogP contribution is 2.33. The third kappa shape index (κ3) is 4.62. The van der Waals surface area contributed by atoms with Crippen LogP contribution in [0.5, 0.6) is 0 Å². The number of anilines is 1. The van der Waals surface area contributed by atoms with Gasteiger partial charge in [-0.15, -0.1) is 0 Å². The Morgan fingerprint density at radius 3 is 2.80 bits per heavy atom. The molecule has 0 radical (unpaired) electrons. The second-order valence-corrected chi connectivity index (χ2v) is 7.87. The van der Waals surface area contributed by atoms with E-state index in [9.17, 15) is 9.18 Å². The molecule has 1 saturated heterocycles. The van der Waals surface area contributed by atoms with Crippen molar-refractivity contribution in [2.75, 3.05) is 31.9 Å². The third-order valence-corrected chi connectivity index (χ3v) is 5.82. The van der Waals surface area contributed by atoms with Crippen LogP contribution in [0.15, 0.2) is 47.0 Å². The maximum atomic E-state index is 13.3. The maximum absolute atomic E-state index is 13.3. The summed E-state index contributed by atoms with van der Waals surface area (Å²) in [4.78, 5) is 14.6. The first-order valence-electron chi connectivity index (χ1n) is 10.5. The normalized spacial score (nSPS) is 15.5. The Bertz CT molecular complexity index is 1010. The summed E-state index contributed by atoms with van der Waals surface area (Å²) >= 11 is 0. The molecule has 0 unspecified atom stereocenters. The molecule has 0 bridgehead atoms. The van der Waals surface area contributed by atoms with E-state index in [1.54, 1.807) is 18.2 Å². The molecule has 2 aromatic carbocycles. The Morgan fingerprint density at radius 1 is 1.20 bits per heavy atom. The van der Waals surface area contributed by atoms with Crippen molar-refractivity contribution >= 4 is 22.5 Å². The van der Waals surface area contributed by atoms with Gasteiger partial charge in [-0.05, 0) is 69.6 Å². The summed E-state index contributed by atoms with van der Waals surface area (Å²) in [5.74, 6) is 0.800. The van der Waals surface area contributed by atoms with Crippen LogP contribution in [-0.4, -0.2) is 42.1 Å². The molecule has 3 N–H and O–H groups in total. The van der Waals surface area contributed by atoms with Crippen molar-refractivity contribution in [2.24, 2.45) is 0 Å². The van der Waals surface area contributed by atoms with E-state index in [2.05, 4.69) is 15.4 Å². The Kier molecular flexibility index (Phi) is 6.28. The Morgan fingerprint density at radius 2 is 2.00 bits per heavy atom. The van der Waals surface area contributed by atoms with Gasteiger partial charge >= 0.3 is 0 Å². The fraction of sp³-hybridized carbons (Fsp3) is 0.391. The molecule has 1 amide bonds. The number of unbranched alkanes of at least 4 members (excludes halogenated alkanes) is 1. The van der Waals surface area contributed by atoms with Crippen LogP contribution in [0.1, 0.15) is 47.7 Å². The molecular weight excluding hydrogens is 383 g/mol. The highest BCUT2D eigenvalue weighted by Gasteiger charge is 2.25. The predicted octanol–water partition coefficient (Wildman–Crippen LogP) is 3.94. The van der Waals surface area contributed by atoms with E-state index in [1.807, 2.05) is 12.1 Å². The number of nitrogen functional groups attached to an aromatic ring is 1. The van der Waals surface area contributed by atoms with Crippen molar-refractivity contribution < 1.29 is 13.7 Å². The van der Waals surface area contributed by atoms with Gasteiger partial charge in [0.15, 0.2) is 0 Å². The van der Waals surface area contributed by atoms with Gasteiger partial charge in [0.1, 0.15) is 17.1 Å². The van der Waals surface area contributed by atoms with Crippen molar-refractivity contribution in [2.45, 2.75) is 31.6 Å². The zero-order valence-electron chi connectivity index (χ0n) is 16.9. The van der Waals surface area contributed by atoms with Gasteiger partial charge in [-0.1, -0.05) is 17.3 Å². The molecule has 2 heterocycles. The van der Waals surface area contributed by atoms with E-state index in [-0.39, 0.29) is 11.7 Å². The van der Waals surface area contributed by atoms with Gasteiger partial charge in [-0.2, -0.15) is 0 Å². The number of hydrogen-bond acceptors (Lipinski definition) is 5. The predicted molar refractivity (Wildman–Crippen MR) is 115 cm³/mol. The number of likely N-dealkylation sites (tertiary alicyclic amines) is 1. The highest BCUT2D eigenvalue weighted by molar-refractivity contribution is 5.99. The van der Waals surface area contributed by atoms with E-state index in [0.29, 0.717) is 29.2 Å². The lowest BCUT2D eigenvalue weighted by molar-refractivity contribution is 0.0953. The Balaban J connectivity index is 1.17. The monoisotopic (exact) mass is 410 g/mol. The first kappa shape index (κ1) is 20.3. The Labute approximate surface area is 175 Å². The number of carbonyl (C=O) groups excluding carboxylic acids is 1. The molecular formula is C23H27FN4O2. The molecule has 0 atom stereocenters. The smallest absolute Gasteiger partial charge is 0.253 e. The van der Waals surface area contributed by atoms with Gasteiger partial charge in [-0.3, -0.25) is 4.79 Å². The van der Waals surface area contributed by atoms with Crippen LogP contribution in [0, 0.1) is 5.82 Å². The molecule has 0 saturated carbocycles. The summed E-state index contributed by atoms with van der Waals surface area (Å²) in [5.41, 5.74) is 7.46. The molecule has 7 heteroatoms. The number of nitrogens with two attached hydrogens (primary N) is 1. The summed E-state index contributed by atoms with van der Waals surface area (Å²) < 4.78 is 18.9. The van der Waals surface area contributed by atoms with Gasteiger partial charge in [-0.25, -0.2) is 4.39 Å². The van der Waals surface area contributed by atoms with Gasteiger partial charge in [0.2, 0.25) is 0 Å². The fourth-order valence-corrected chi connectivity index (χ4v) is 4.11. The van der Waals surface area contributed by atoms with Crippen molar-refractivity contribution in [3.8, 4) is 0 Å². The minimum atomic E-state index is -0.291. The number of piperidine rings is 1. The molecule has 30 heavy (non-hydrogen) atoms. The zero-order chi connectivity index (χ0) is 20.9. The summed E-state index contributed by atoms with van der Waals surface area (Å²) in [6.07, 6.45) is 3.97. The number of nitrogens with zero attached hydrogens (tertiary/aromatic N) is 2. The second kappa shape index (κ2) is 9.26. The fourth-order valence-electron chi connectivity index (χ4n) is 4.11. The summed E-state index contributed by atoms with van der Waals surface area (Å²) in [6, 6.07) is 11.8. The molecule has 0 aliphatic carbocycles. The average Bonchev–Trinajstić information content (AvgIpc) is 3.17. The van der Waals surface area contributed by atoms with Crippen LogP contribution in [0.25, 0.3) is 10.9 Å². The number of amides is 1. The summed E-state index contributed by atoms with van der Waals surface area (Å²) in [5, 5.41) is 7.88. The number of rotatable bonds is 7. The minimum absolute atomic E-state index is 0.118. The third-order valence-electron chi connectivity index (χ3n) is 5.82. The Hall–Kier alpha value is -2.93. The summed E-state index contributed by atoms with van der Waals surface area (Å²) in [6.45, 7) is 3.66. The molecule has 1 aliphatic rings. The van der Waals surface area contributed by atoms with Crippen molar-refractivity contribution in [3.63, 3.8) is 0 Å². The number of para-hydroxylation sites is 1. The molecule has 1 aliphatic heterocycles. The zero-order valence-corrected chi connectivity index (χ0v) is 16.9. The molecule has 1 aromatic heterocycles. The molecule has 1 fully saturated rings. The van der Waals surface area contributed by atoms with Crippen molar-refractivity contribution in [1.82, 2.24) is 15.4 Å². The van der Waals surface area contributed by atoms with Gasteiger partial charge in [0, 0.05) is 29.6 Å². The average molecular weight is 410 g/mol. The number of hydrogen-bond donors (Lipinski definition) is 2. The standard InChI is InChI=1S/C23H27FN4O2/c24-17-7-8-19-21(15-17)27-30-22(19)16-9-13-28(14-10-16)12-4-3-11-26-23(29)18-5-1-2-6-20(18)25/h1-2,5-8,15-16H,3-4,9-14,25H2,(H,26,29). The lowest BCUT2D eigenvalue weighted by Gasteiger charge is -2.30. The van der Waals surface area contributed by atoms with Gasteiger partial charge in [0.05, 0.1) is 5.56 Å². The number of carbonyl (C=O) groups is 1. The van der Waals surface area contributed by atoms with Crippen LogP contribution >= 0.6 is 0 Å². The molecule has 6 nitrogen and oxygen atoms in total. The van der Waals surface area contributed by atoms with Crippen LogP contribution in [0.3, 0.4) is 0 Å². The van der Waals surface area contributed by atoms with E-state index in [4.69, 9.17) is 10.3 Å². The molecule has 3 aromatic rings. The minimum Gasteiger partial charge on any atom is -0.398 e. The topological polar surface area (TPSA) is 84.4 Å².